The van der Waals surface area contributed by atoms with Crippen LogP contribution in [0.2, 0.25) is 0 Å². The molecule has 2 aromatic carbocycles. The van der Waals surface area contributed by atoms with Crippen LogP contribution in [-0.2, 0) is 6.54 Å². The molecule has 3 aromatic rings. The zero-order valence-electron chi connectivity index (χ0n) is 16.1. The highest BCUT2D eigenvalue weighted by atomic mass is 79.9. The molecule has 28 heavy (non-hydrogen) atoms. The molecule has 0 saturated carbocycles. The van der Waals surface area contributed by atoms with Gasteiger partial charge in [-0.25, -0.2) is 4.98 Å². The predicted molar refractivity (Wildman–Crippen MR) is 118 cm³/mol. The first-order valence-corrected chi connectivity index (χ1v) is 10.1. The molecule has 0 saturated heterocycles. The second-order valence-corrected chi connectivity index (χ2v) is 7.90. The van der Waals surface area contributed by atoms with Crippen molar-refractivity contribution in [3.05, 3.63) is 70.7 Å². The fraction of sp³-hybridized carbons (Fsp3) is 0.273. The average Bonchev–Trinajstić information content (AvgIpc) is 2.72. The van der Waals surface area contributed by atoms with Crippen molar-refractivity contribution in [3.8, 4) is 11.3 Å². The summed E-state index contributed by atoms with van der Waals surface area (Å²) in [5.74, 6) is 1.50. The van der Waals surface area contributed by atoms with Gasteiger partial charge in [0.1, 0.15) is 5.82 Å². The summed E-state index contributed by atoms with van der Waals surface area (Å²) in [4.78, 5) is 9.27. The molecule has 3 N–H and O–H groups in total. The van der Waals surface area contributed by atoms with Crippen molar-refractivity contribution >= 4 is 27.7 Å². The number of aromatic nitrogens is 2. The number of halogens is 1. The molecule has 0 bridgehead atoms. The third kappa shape index (κ3) is 5.53. The normalized spacial score (nSPS) is 12.0. The summed E-state index contributed by atoms with van der Waals surface area (Å²) in [6.07, 6.45) is 0. The Morgan fingerprint density at radius 1 is 1.00 bits per heavy atom. The Balaban J connectivity index is 1.87. The van der Waals surface area contributed by atoms with Crippen LogP contribution < -0.4 is 10.6 Å². The van der Waals surface area contributed by atoms with Crippen LogP contribution in [0.1, 0.15) is 19.4 Å². The van der Waals surface area contributed by atoms with Gasteiger partial charge in [0.2, 0.25) is 5.95 Å². The molecule has 0 aliphatic rings. The van der Waals surface area contributed by atoms with E-state index in [0.717, 1.165) is 27.1 Å². The van der Waals surface area contributed by atoms with Gasteiger partial charge in [0, 0.05) is 22.6 Å². The van der Waals surface area contributed by atoms with E-state index in [4.69, 9.17) is 0 Å². The monoisotopic (exact) mass is 440 g/mol. The largest absolute Gasteiger partial charge is 0.394 e. The number of nitrogens with zero attached hydrogens (tertiary/aromatic N) is 2. The van der Waals surface area contributed by atoms with Gasteiger partial charge in [-0.3, -0.25) is 0 Å². The zero-order chi connectivity index (χ0) is 19.9. The Kier molecular flexibility index (Phi) is 7.01. The van der Waals surface area contributed by atoms with Crippen LogP contribution in [0.4, 0.5) is 11.8 Å². The molecule has 146 valence electrons. The molecule has 5 nitrogen and oxygen atoms in total. The van der Waals surface area contributed by atoms with E-state index < -0.39 is 0 Å². The molecule has 6 heteroatoms. The summed E-state index contributed by atoms with van der Waals surface area (Å²) < 4.78 is 1.06. The number of aliphatic hydroxyl groups excluding tert-OH is 1. The number of aliphatic hydroxyl groups is 1. The molecule has 0 aliphatic heterocycles. The first-order valence-electron chi connectivity index (χ1n) is 9.35. The van der Waals surface area contributed by atoms with Gasteiger partial charge < -0.3 is 15.7 Å². The quantitative estimate of drug-likeness (QED) is 0.462. The van der Waals surface area contributed by atoms with Gasteiger partial charge in [-0.15, -0.1) is 0 Å². The first-order chi connectivity index (χ1) is 13.5. The minimum atomic E-state index is -0.106. The van der Waals surface area contributed by atoms with E-state index in [1.807, 2.05) is 48.5 Å². The van der Waals surface area contributed by atoms with Crippen LogP contribution >= 0.6 is 15.9 Å². The van der Waals surface area contributed by atoms with E-state index in [-0.39, 0.29) is 18.6 Å². The van der Waals surface area contributed by atoms with Crippen molar-refractivity contribution in [2.75, 3.05) is 17.2 Å². The van der Waals surface area contributed by atoms with Gasteiger partial charge in [0.05, 0.1) is 18.3 Å². The van der Waals surface area contributed by atoms with E-state index >= 15 is 0 Å². The summed E-state index contributed by atoms with van der Waals surface area (Å²) in [6, 6.07) is 20.0. The number of rotatable bonds is 8. The van der Waals surface area contributed by atoms with Crippen molar-refractivity contribution in [2.45, 2.75) is 26.4 Å². The van der Waals surface area contributed by atoms with E-state index in [9.17, 15) is 5.11 Å². The molecule has 1 heterocycles. The van der Waals surface area contributed by atoms with Gasteiger partial charge in [0.15, 0.2) is 0 Å². The maximum atomic E-state index is 9.65. The maximum absolute atomic E-state index is 9.65. The molecule has 1 atom stereocenters. The number of hydrogen-bond donors (Lipinski definition) is 3. The maximum Gasteiger partial charge on any atom is 0.225 e. The second kappa shape index (κ2) is 9.66. The van der Waals surface area contributed by atoms with E-state index in [1.54, 1.807) is 0 Å². The third-order valence-electron chi connectivity index (χ3n) is 4.50. The number of benzene rings is 2. The summed E-state index contributed by atoms with van der Waals surface area (Å²) in [7, 11) is 0. The van der Waals surface area contributed by atoms with E-state index in [0.29, 0.717) is 12.5 Å². The number of anilines is 2. The summed E-state index contributed by atoms with van der Waals surface area (Å²) in [6.45, 7) is 4.80. The molecule has 0 amide bonds. The van der Waals surface area contributed by atoms with Gasteiger partial charge in [-0.1, -0.05) is 72.2 Å². The summed E-state index contributed by atoms with van der Waals surface area (Å²) in [5, 5.41) is 16.3. The van der Waals surface area contributed by atoms with Crippen LogP contribution in [0.5, 0.6) is 0 Å². The Morgan fingerprint density at radius 2 is 1.71 bits per heavy atom. The minimum Gasteiger partial charge on any atom is -0.394 e. The van der Waals surface area contributed by atoms with Crippen LogP contribution in [-0.4, -0.2) is 27.7 Å². The molecule has 0 spiro atoms. The van der Waals surface area contributed by atoms with Crippen LogP contribution in [0.15, 0.2) is 65.1 Å². The third-order valence-corrected chi connectivity index (χ3v) is 5.03. The second-order valence-electron chi connectivity index (χ2n) is 6.99. The molecule has 0 unspecified atom stereocenters. The Morgan fingerprint density at radius 3 is 2.36 bits per heavy atom. The van der Waals surface area contributed by atoms with Gasteiger partial charge in [0.25, 0.3) is 0 Å². The Hall–Kier alpha value is -2.44. The van der Waals surface area contributed by atoms with Crippen molar-refractivity contribution in [3.63, 3.8) is 0 Å². The zero-order valence-corrected chi connectivity index (χ0v) is 17.6. The molecule has 0 aliphatic carbocycles. The lowest BCUT2D eigenvalue weighted by Gasteiger charge is -2.20. The van der Waals surface area contributed by atoms with Crippen molar-refractivity contribution < 1.29 is 5.11 Å². The first kappa shape index (κ1) is 20.3. The minimum absolute atomic E-state index is 0.0260. The van der Waals surface area contributed by atoms with Crippen LogP contribution in [0.3, 0.4) is 0 Å². The summed E-state index contributed by atoms with van der Waals surface area (Å²) in [5.41, 5.74) is 3.01. The van der Waals surface area contributed by atoms with Crippen molar-refractivity contribution in [2.24, 2.45) is 5.92 Å². The SMILES string of the molecule is CC(C)[C@H](CO)Nc1nc(NCc2ccc(Br)cc2)cc(-c2ccccc2)n1. The fourth-order valence-corrected chi connectivity index (χ4v) is 3.01. The predicted octanol–water partition coefficient (Wildman–Crippen LogP) is 4.95. The molecule has 3 rings (SSSR count). The van der Waals surface area contributed by atoms with Gasteiger partial charge >= 0.3 is 0 Å². The molecule has 0 fully saturated rings. The molecular weight excluding hydrogens is 416 g/mol. The topological polar surface area (TPSA) is 70.1 Å². The molecule has 1 aromatic heterocycles. The highest BCUT2D eigenvalue weighted by molar-refractivity contribution is 9.10. The lowest BCUT2D eigenvalue weighted by atomic mass is 10.1. The van der Waals surface area contributed by atoms with Crippen molar-refractivity contribution in [1.82, 2.24) is 9.97 Å². The Bertz CT molecular complexity index is 885. The smallest absolute Gasteiger partial charge is 0.225 e. The number of hydrogen-bond acceptors (Lipinski definition) is 5. The van der Waals surface area contributed by atoms with Crippen molar-refractivity contribution in [1.29, 1.82) is 0 Å². The van der Waals surface area contributed by atoms with Crippen LogP contribution in [0, 0.1) is 5.92 Å². The summed E-state index contributed by atoms with van der Waals surface area (Å²) >= 11 is 3.46. The Labute approximate surface area is 174 Å². The lowest BCUT2D eigenvalue weighted by molar-refractivity contribution is 0.248. The van der Waals surface area contributed by atoms with Gasteiger partial charge in [-0.05, 0) is 23.6 Å². The standard InChI is InChI=1S/C22H25BrN4O/c1-15(2)20(14-28)26-22-25-19(17-6-4-3-5-7-17)12-21(27-22)24-13-16-8-10-18(23)11-9-16/h3-12,15,20,28H,13-14H2,1-2H3,(H2,24,25,26,27)/t20-/m0/s1. The number of nitrogens with one attached hydrogen (secondary N) is 2. The van der Waals surface area contributed by atoms with E-state index in [1.165, 1.54) is 0 Å². The molecular formula is C22H25BrN4O. The highest BCUT2D eigenvalue weighted by Crippen LogP contribution is 2.23. The lowest BCUT2D eigenvalue weighted by Crippen LogP contribution is -2.30. The van der Waals surface area contributed by atoms with E-state index in [2.05, 4.69) is 62.5 Å². The average molecular weight is 441 g/mol. The fourth-order valence-electron chi connectivity index (χ4n) is 2.74. The highest BCUT2D eigenvalue weighted by Gasteiger charge is 2.15. The van der Waals surface area contributed by atoms with Crippen LogP contribution in [0.25, 0.3) is 11.3 Å². The van der Waals surface area contributed by atoms with Gasteiger partial charge in [-0.2, -0.15) is 4.98 Å². The molecule has 0 radical (unpaired) electrons.